The Labute approximate surface area is 103 Å². The van der Waals surface area contributed by atoms with E-state index in [0.717, 1.165) is 18.3 Å². The van der Waals surface area contributed by atoms with Gasteiger partial charge in [-0.3, -0.25) is 0 Å². The van der Waals surface area contributed by atoms with Gasteiger partial charge in [0.25, 0.3) is 0 Å². The zero-order chi connectivity index (χ0) is 11.7. The molecule has 2 aliphatic rings. The maximum Gasteiger partial charge on any atom is 0.0587 e. The fourth-order valence-corrected chi connectivity index (χ4v) is 3.29. The maximum atomic E-state index is 9.49. The Bertz CT molecular complexity index is 364. The SMILES string of the molecule is OCC(Cc1ccccc1)NC1CC[C@H]2C[C@@H]12. The summed E-state index contributed by atoms with van der Waals surface area (Å²) in [5, 5.41) is 13.1. The fraction of sp³-hybridized carbons (Fsp3) is 0.600. The Morgan fingerprint density at radius 3 is 2.65 bits per heavy atom. The molecule has 0 heterocycles. The number of fused-ring (bicyclic) bond motifs is 1. The number of hydrogen-bond donors (Lipinski definition) is 2. The molecular formula is C15H21NO. The Morgan fingerprint density at radius 1 is 1.24 bits per heavy atom. The van der Waals surface area contributed by atoms with E-state index in [1.165, 1.54) is 24.8 Å². The van der Waals surface area contributed by atoms with Crippen LogP contribution in [-0.2, 0) is 6.42 Å². The highest BCUT2D eigenvalue weighted by Crippen LogP contribution is 2.51. The molecule has 0 radical (unpaired) electrons. The van der Waals surface area contributed by atoms with Crippen molar-refractivity contribution in [3.8, 4) is 0 Å². The molecule has 2 heteroatoms. The van der Waals surface area contributed by atoms with Gasteiger partial charge in [-0.2, -0.15) is 0 Å². The number of hydrogen-bond acceptors (Lipinski definition) is 2. The first kappa shape index (κ1) is 11.2. The number of benzene rings is 1. The standard InChI is InChI=1S/C15H21NO/c17-10-13(8-11-4-2-1-3-5-11)16-15-7-6-12-9-14(12)15/h1-5,12-17H,6-10H2/t12-,13?,14+,15?/m0/s1. The molecule has 1 aromatic carbocycles. The summed E-state index contributed by atoms with van der Waals surface area (Å²) in [6.07, 6.45) is 5.05. The monoisotopic (exact) mass is 231 g/mol. The molecule has 0 amide bonds. The lowest BCUT2D eigenvalue weighted by Crippen LogP contribution is -2.42. The molecule has 0 spiro atoms. The van der Waals surface area contributed by atoms with Crippen molar-refractivity contribution in [2.75, 3.05) is 6.61 Å². The molecule has 3 rings (SSSR count). The van der Waals surface area contributed by atoms with Crippen LogP contribution in [0.2, 0.25) is 0 Å². The van der Waals surface area contributed by atoms with Gasteiger partial charge in [0, 0.05) is 12.1 Å². The predicted molar refractivity (Wildman–Crippen MR) is 68.8 cm³/mol. The largest absolute Gasteiger partial charge is 0.395 e. The second-order valence-electron chi connectivity index (χ2n) is 5.58. The van der Waals surface area contributed by atoms with E-state index in [1.54, 1.807) is 0 Å². The molecule has 4 atom stereocenters. The van der Waals surface area contributed by atoms with E-state index < -0.39 is 0 Å². The van der Waals surface area contributed by atoms with Crippen molar-refractivity contribution in [1.82, 2.24) is 5.32 Å². The van der Waals surface area contributed by atoms with Gasteiger partial charge in [-0.25, -0.2) is 0 Å². The predicted octanol–water partition coefficient (Wildman–Crippen LogP) is 1.98. The van der Waals surface area contributed by atoms with Crippen molar-refractivity contribution < 1.29 is 5.11 Å². The number of aliphatic hydroxyl groups excluding tert-OH is 1. The molecule has 92 valence electrons. The number of aliphatic hydroxyl groups is 1. The van der Waals surface area contributed by atoms with Crippen LogP contribution >= 0.6 is 0 Å². The summed E-state index contributed by atoms with van der Waals surface area (Å²) in [5.74, 6) is 1.92. The molecule has 2 N–H and O–H groups in total. The summed E-state index contributed by atoms with van der Waals surface area (Å²) >= 11 is 0. The van der Waals surface area contributed by atoms with Gasteiger partial charge in [0.2, 0.25) is 0 Å². The molecule has 0 saturated heterocycles. The van der Waals surface area contributed by atoms with Crippen molar-refractivity contribution >= 4 is 0 Å². The molecule has 2 nitrogen and oxygen atoms in total. The zero-order valence-electron chi connectivity index (χ0n) is 10.2. The van der Waals surface area contributed by atoms with Crippen LogP contribution in [0.1, 0.15) is 24.8 Å². The molecule has 0 aliphatic heterocycles. The van der Waals surface area contributed by atoms with Crippen LogP contribution in [0.5, 0.6) is 0 Å². The van der Waals surface area contributed by atoms with Crippen molar-refractivity contribution in [2.24, 2.45) is 11.8 Å². The highest BCUT2D eigenvalue weighted by Gasteiger charge is 2.48. The summed E-state index contributed by atoms with van der Waals surface area (Å²) in [5.41, 5.74) is 1.31. The Morgan fingerprint density at radius 2 is 2.06 bits per heavy atom. The van der Waals surface area contributed by atoms with Gasteiger partial charge < -0.3 is 10.4 Å². The van der Waals surface area contributed by atoms with Gasteiger partial charge in [-0.15, -0.1) is 0 Å². The highest BCUT2D eigenvalue weighted by molar-refractivity contribution is 5.16. The molecule has 2 saturated carbocycles. The normalized spacial score (nSPS) is 32.2. The van der Waals surface area contributed by atoms with E-state index in [9.17, 15) is 5.11 Å². The topological polar surface area (TPSA) is 32.3 Å². The minimum atomic E-state index is 0.224. The van der Waals surface area contributed by atoms with E-state index >= 15 is 0 Å². The van der Waals surface area contributed by atoms with Gasteiger partial charge in [0.1, 0.15) is 0 Å². The van der Waals surface area contributed by atoms with E-state index in [1.807, 2.05) is 6.07 Å². The lowest BCUT2D eigenvalue weighted by Gasteiger charge is -2.22. The second-order valence-corrected chi connectivity index (χ2v) is 5.58. The van der Waals surface area contributed by atoms with Crippen molar-refractivity contribution in [2.45, 2.75) is 37.8 Å². The molecule has 0 bridgehead atoms. The highest BCUT2D eigenvalue weighted by atomic mass is 16.3. The fourth-order valence-electron chi connectivity index (χ4n) is 3.29. The summed E-state index contributed by atoms with van der Waals surface area (Å²) in [6, 6.07) is 11.3. The smallest absolute Gasteiger partial charge is 0.0587 e. The van der Waals surface area contributed by atoms with Crippen LogP contribution < -0.4 is 5.32 Å². The van der Waals surface area contributed by atoms with Crippen LogP contribution in [0.4, 0.5) is 0 Å². The minimum Gasteiger partial charge on any atom is -0.395 e. The van der Waals surface area contributed by atoms with Crippen LogP contribution in [0.25, 0.3) is 0 Å². The lowest BCUT2D eigenvalue weighted by atomic mass is 10.0. The third kappa shape index (κ3) is 2.53. The first-order valence-electron chi connectivity index (χ1n) is 6.77. The Hall–Kier alpha value is -0.860. The van der Waals surface area contributed by atoms with Crippen molar-refractivity contribution in [1.29, 1.82) is 0 Å². The van der Waals surface area contributed by atoms with E-state index in [-0.39, 0.29) is 12.6 Å². The van der Waals surface area contributed by atoms with Gasteiger partial charge in [0.05, 0.1) is 6.61 Å². The first-order chi connectivity index (χ1) is 8.36. The van der Waals surface area contributed by atoms with E-state index in [2.05, 4.69) is 29.6 Å². The van der Waals surface area contributed by atoms with Gasteiger partial charge in [-0.05, 0) is 43.1 Å². The average Bonchev–Trinajstić information content (AvgIpc) is 3.06. The third-order valence-corrected chi connectivity index (χ3v) is 4.34. The molecule has 0 aromatic heterocycles. The molecular weight excluding hydrogens is 210 g/mol. The average molecular weight is 231 g/mol. The number of nitrogens with one attached hydrogen (secondary N) is 1. The molecule has 1 aromatic rings. The summed E-state index contributed by atoms with van der Waals surface area (Å²) in [4.78, 5) is 0. The van der Waals surface area contributed by atoms with Gasteiger partial charge >= 0.3 is 0 Å². The lowest BCUT2D eigenvalue weighted by molar-refractivity contribution is 0.226. The van der Waals surface area contributed by atoms with Crippen LogP contribution in [0.15, 0.2) is 30.3 Å². The van der Waals surface area contributed by atoms with Crippen LogP contribution in [0, 0.1) is 11.8 Å². The third-order valence-electron chi connectivity index (χ3n) is 4.34. The molecule has 2 fully saturated rings. The number of rotatable bonds is 5. The van der Waals surface area contributed by atoms with Crippen molar-refractivity contribution in [3.63, 3.8) is 0 Å². The summed E-state index contributed by atoms with van der Waals surface area (Å²) in [6.45, 7) is 0.239. The van der Waals surface area contributed by atoms with Crippen molar-refractivity contribution in [3.05, 3.63) is 35.9 Å². The molecule has 2 aliphatic carbocycles. The van der Waals surface area contributed by atoms with E-state index in [0.29, 0.717) is 6.04 Å². The van der Waals surface area contributed by atoms with Gasteiger partial charge in [0.15, 0.2) is 0 Å². The minimum absolute atomic E-state index is 0.224. The first-order valence-corrected chi connectivity index (χ1v) is 6.77. The summed E-state index contributed by atoms with van der Waals surface area (Å²) in [7, 11) is 0. The second kappa shape index (κ2) is 4.79. The molecule has 2 unspecified atom stereocenters. The summed E-state index contributed by atoms with van der Waals surface area (Å²) < 4.78 is 0. The van der Waals surface area contributed by atoms with Crippen LogP contribution in [-0.4, -0.2) is 23.8 Å². The maximum absolute atomic E-state index is 9.49. The van der Waals surface area contributed by atoms with E-state index in [4.69, 9.17) is 0 Å². The quantitative estimate of drug-likeness (QED) is 0.812. The van der Waals surface area contributed by atoms with Crippen LogP contribution in [0.3, 0.4) is 0 Å². The van der Waals surface area contributed by atoms with Gasteiger partial charge in [-0.1, -0.05) is 30.3 Å². The molecule has 17 heavy (non-hydrogen) atoms. The Balaban J connectivity index is 1.56. The zero-order valence-corrected chi connectivity index (χ0v) is 10.2. The Kier molecular flexibility index (Phi) is 3.17.